The van der Waals surface area contributed by atoms with Crippen molar-refractivity contribution in [3.05, 3.63) is 0 Å². The van der Waals surface area contributed by atoms with Crippen molar-refractivity contribution < 1.29 is 14.3 Å². The highest BCUT2D eigenvalue weighted by Gasteiger charge is 2.18. The first kappa shape index (κ1) is 13.3. The van der Waals surface area contributed by atoms with Crippen molar-refractivity contribution in [3.63, 3.8) is 0 Å². The largest absolute Gasteiger partial charge is 0.453 e. The van der Waals surface area contributed by atoms with Gasteiger partial charge in [0.25, 0.3) is 0 Å². The molecule has 0 aromatic heterocycles. The number of hydrogen-bond donors (Lipinski definition) is 1. The molecule has 1 unspecified atom stereocenters. The van der Waals surface area contributed by atoms with Crippen LogP contribution in [0.4, 0.5) is 4.79 Å². The van der Waals surface area contributed by atoms with E-state index in [0.717, 1.165) is 5.75 Å². The Morgan fingerprint density at radius 2 is 2.14 bits per heavy atom. The predicted octanol–water partition coefficient (Wildman–Crippen LogP) is 1.44. The number of thioether (sulfide) groups is 1. The molecule has 82 valence electrons. The van der Waals surface area contributed by atoms with Crippen molar-refractivity contribution in [1.29, 1.82) is 0 Å². The summed E-state index contributed by atoms with van der Waals surface area (Å²) in [5, 5.41) is 2.53. The van der Waals surface area contributed by atoms with Gasteiger partial charge in [-0.1, -0.05) is 6.92 Å². The minimum Gasteiger partial charge on any atom is -0.453 e. The molecule has 1 amide bonds. The molecule has 0 aliphatic rings. The van der Waals surface area contributed by atoms with Gasteiger partial charge in [-0.25, -0.2) is 4.79 Å². The SMILES string of the molecule is CCC(=O)C(CCSC)NC(=O)OC. The van der Waals surface area contributed by atoms with Crippen LogP contribution in [0, 0.1) is 0 Å². The van der Waals surface area contributed by atoms with Gasteiger partial charge in [0.1, 0.15) is 0 Å². The molecule has 1 atom stereocenters. The minimum atomic E-state index is -0.544. The first-order valence-corrected chi connectivity index (χ1v) is 5.91. The van der Waals surface area contributed by atoms with E-state index in [-0.39, 0.29) is 5.78 Å². The average molecular weight is 219 g/mol. The summed E-state index contributed by atoms with van der Waals surface area (Å²) in [4.78, 5) is 22.3. The molecule has 0 bridgehead atoms. The normalized spacial score (nSPS) is 11.9. The standard InChI is InChI=1S/C9H17NO3S/c1-4-8(11)7(5-6-14-3)10-9(12)13-2/h7H,4-6H2,1-3H3,(H,10,12). The smallest absolute Gasteiger partial charge is 0.407 e. The third-order valence-corrected chi connectivity index (χ3v) is 2.47. The summed E-state index contributed by atoms with van der Waals surface area (Å²) in [5.74, 6) is 0.893. The number of methoxy groups -OCH3 is 1. The zero-order chi connectivity index (χ0) is 11.0. The second-order valence-electron chi connectivity index (χ2n) is 2.79. The summed E-state index contributed by atoms with van der Waals surface area (Å²) in [6.45, 7) is 1.79. The number of Topliss-reactive ketones (excluding diaryl/α,β-unsaturated/α-hetero) is 1. The van der Waals surface area contributed by atoms with Crippen molar-refractivity contribution in [1.82, 2.24) is 5.32 Å². The molecule has 0 saturated carbocycles. The van der Waals surface area contributed by atoms with Gasteiger partial charge in [0.2, 0.25) is 0 Å². The van der Waals surface area contributed by atoms with Crippen LogP contribution in [-0.2, 0) is 9.53 Å². The van der Waals surface area contributed by atoms with Gasteiger partial charge < -0.3 is 10.1 Å². The summed E-state index contributed by atoms with van der Waals surface area (Å²) in [7, 11) is 1.29. The van der Waals surface area contributed by atoms with Crippen LogP contribution in [0.1, 0.15) is 19.8 Å². The van der Waals surface area contributed by atoms with Gasteiger partial charge >= 0.3 is 6.09 Å². The summed E-state index contributed by atoms with van der Waals surface area (Å²) in [6.07, 6.45) is 2.51. The topological polar surface area (TPSA) is 55.4 Å². The fraction of sp³-hybridized carbons (Fsp3) is 0.778. The molecule has 14 heavy (non-hydrogen) atoms. The van der Waals surface area contributed by atoms with Crippen molar-refractivity contribution in [3.8, 4) is 0 Å². The zero-order valence-corrected chi connectivity index (χ0v) is 9.65. The Hall–Kier alpha value is -0.710. The maximum absolute atomic E-state index is 11.4. The fourth-order valence-electron chi connectivity index (χ4n) is 0.997. The monoisotopic (exact) mass is 219 g/mol. The van der Waals surface area contributed by atoms with Crippen molar-refractivity contribution in [2.24, 2.45) is 0 Å². The molecule has 0 aromatic carbocycles. The van der Waals surface area contributed by atoms with E-state index in [1.807, 2.05) is 6.26 Å². The molecule has 4 nitrogen and oxygen atoms in total. The average Bonchev–Trinajstić information content (AvgIpc) is 2.22. The Bertz CT molecular complexity index is 196. The third-order valence-electron chi connectivity index (χ3n) is 1.83. The van der Waals surface area contributed by atoms with E-state index in [0.29, 0.717) is 12.8 Å². The van der Waals surface area contributed by atoms with E-state index < -0.39 is 12.1 Å². The van der Waals surface area contributed by atoms with E-state index in [9.17, 15) is 9.59 Å². The lowest BCUT2D eigenvalue weighted by atomic mass is 10.1. The number of nitrogens with one attached hydrogen (secondary N) is 1. The molecular formula is C9H17NO3S. The number of ether oxygens (including phenoxy) is 1. The van der Waals surface area contributed by atoms with Gasteiger partial charge in [-0.15, -0.1) is 0 Å². The van der Waals surface area contributed by atoms with Gasteiger partial charge in [0.15, 0.2) is 5.78 Å². The summed E-state index contributed by atoms with van der Waals surface area (Å²) >= 11 is 1.65. The van der Waals surface area contributed by atoms with Crippen LogP contribution >= 0.6 is 11.8 Å². The number of carbonyl (C=O) groups excluding carboxylic acids is 2. The molecule has 0 spiro atoms. The first-order valence-electron chi connectivity index (χ1n) is 4.51. The van der Waals surface area contributed by atoms with Crippen LogP contribution < -0.4 is 5.32 Å². The minimum absolute atomic E-state index is 0.0458. The Kier molecular flexibility index (Phi) is 7.28. The number of amides is 1. The van der Waals surface area contributed by atoms with Crippen LogP contribution in [0.15, 0.2) is 0 Å². The molecule has 5 heteroatoms. The van der Waals surface area contributed by atoms with Gasteiger partial charge in [-0.2, -0.15) is 11.8 Å². The molecule has 0 fully saturated rings. The Morgan fingerprint density at radius 3 is 2.57 bits per heavy atom. The van der Waals surface area contributed by atoms with E-state index in [1.54, 1.807) is 18.7 Å². The number of rotatable bonds is 6. The summed E-state index contributed by atoms with van der Waals surface area (Å²) in [6, 6.07) is -0.403. The Labute approximate surface area is 88.8 Å². The van der Waals surface area contributed by atoms with E-state index in [2.05, 4.69) is 10.1 Å². The van der Waals surface area contributed by atoms with Crippen LogP contribution in [0.5, 0.6) is 0 Å². The third kappa shape index (κ3) is 5.11. The highest BCUT2D eigenvalue weighted by atomic mass is 32.2. The van der Waals surface area contributed by atoms with Crippen LogP contribution in [0.25, 0.3) is 0 Å². The Balaban J connectivity index is 4.09. The van der Waals surface area contributed by atoms with E-state index in [4.69, 9.17) is 0 Å². The van der Waals surface area contributed by atoms with Crippen molar-refractivity contribution >= 4 is 23.6 Å². The van der Waals surface area contributed by atoms with Crippen molar-refractivity contribution in [2.75, 3.05) is 19.1 Å². The van der Waals surface area contributed by atoms with Gasteiger partial charge in [0, 0.05) is 6.42 Å². The van der Waals surface area contributed by atoms with Gasteiger partial charge in [0.05, 0.1) is 13.2 Å². The summed E-state index contributed by atoms with van der Waals surface area (Å²) in [5.41, 5.74) is 0. The molecule has 1 N–H and O–H groups in total. The maximum Gasteiger partial charge on any atom is 0.407 e. The molecule has 0 saturated heterocycles. The summed E-state index contributed by atoms with van der Waals surface area (Å²) < 4.78 is 4.45. The van der Waals surface area contributed by atoms with Crippen LogP contribution in [0.2, 0.25) is 0 Å². The van der Waals surface area contributed by atoms with Crippen molar-refractivity contribution in [2.45, 2.75) is 25.8 Å². The molecule has 0 rings (SSSR count). The number of carbonyl (C=O) groups is 2. The van der Waals surface area contributed by atoms with E-state index in [1.165, 1.54) is 7.11 Å². The molecule has 0 radical (unpaired) electrons. The number of hydrogen-bond acceptors (Lipinski definition) is 4. The van der Waals surface area contributed by atoms with Crippen LogP contribution in [-0.4, -0.2) is 37.0 Å². The molecule has 0 aliphatic heterocycles. The number of ketones is 1. The Morgan fingerprint density at radius 1 is 1.50 bits per heavy atom. The van der Waals surface area contributed by atoms with Gasteiger partial charge in [-0.3, -0.25) is 4.79 Å². The predicted molar refractivity (Wildman–Crippen MR) is 57.6 cm³/mol. The zero-order valence-electron chi connectivity index (χ0n) is 8.83. The highest BCUT2D eigenvalue weighted by molar-refractivity contribution is 7.98. The van der Waals surface area contributed by atoms with E-state index >= 15 is 0 Å². The molecule has 0 aromatic rings. The fourth-order valence-corrected chi connectivity index (χ4v) is 1.47. The second-order valence-corrected chi connectivity index (χ2v) is 3.78. The lowest BCUT2D eigenvalue weighted by Gasteiger charge is -2.15. The number of alkyl carbamates (subject to hydrolysis) is 1. The first-order chi connectivity index (χ1) is 6.65. The van der Waals surface area contributed by atoms with Gasteiger partial charge in [-0.05, 0) is 18.4 Å². The highest BCUT2D eigenvalue weighted by Crippen LogP contribution is 2.03. The lowest BCUT2D eigenvalue weighted by Crippen LogP contribution is -2.40. The molecule has 0 aliphatic carbocycles. The quantitative estimate of drug-likeness (QED) is 0.734. The van der Waals surface area contributed by atoms with Crippen LogP contribution in [0.3, 0.4) is 0 Å². The second kappa shape index (κ2) is 7.67. The maximum atomic E-state index is 11.4. The lowest BCUT2D eigenvalue weighted by molar-refractivity contribution is -0.120. The molecule has 0 heterocycles. The molecular weight excluding hydrogens is 202 g/mol.